The van der Waals surface area contributed by atoms with Crippen molar-refractivity contribution < 1.29 is 9.90 Å². The van der Waals surface area contributed by atoms with Crippen molar-refractivity contribution >= 4 is 18.6 Å². The molecule has 0 fully saturated rings. The average molecular weight is 123 g/mol. The van der Waals surface area contributed by atoms with Gasteiger partial charge in [-0.25, -0.2) is 0 Å². The molecule has 0 aliphatic heterocycles. The minimum atomic E-state index is -1.00. The van der Waals surface area contributed by atoms with Crippen molar-refractivity contribution in [3.05, 3.63) is 0 Å². The summed E-state index contributed by atoms with van der Waals surface area (Å²) in [6, 6.07) is -0.816. The number of carboxylic acids is 1. The molecule has 0 aliphatic carbocycles. The van der Waals surface area contributed by atoms with E-state index in [9.17, 15) is 4.79 Å². The molecule has 0 heterocycles. The van der Waals surface area contributed by atoms with E-state index >= 15 is 0 Å². The summed E-state index contributed by atoms with van der Waals surface area (Å²) in [5.41, 5.74) is 4.94. The van der Waals surface area contributed by atoms with Crippen LogP contribution >= 0.6 is 12.6 Å². The Morgan fingerprint density at radius 2 is 2.43 bits per heavy atom. The molecule has 0 spiro atoms. The highest BCUT2D eigenvalue weighted by molar-refractivity contribution is 7.80. The summed E-state index contributed by atoms with van der Waals surface area (Å²) in [5.74, 6) is -0.815. The molecular formula is C3H7NO2S. The van der Waals surface area contributed by atoms with Crippen molar-refractivity contribution in [3.8, 4) is 0 Å². The van der Waals surface area contributed by atoms with Gasteiger partial charge in [0.25, 0.3) is 0 Å². The summed E-state index contributed by atoms with van der Waals surface area (Å²) in [7, 11) is 0. The van der Waals surface area contributed by atoms with Crippen LogP contribution in [0.15, 0.2) is 0 Å². The molecular weight excluding hydrogens is 116 g/mol. The zero-order valence-electron chi connectivity index (χ0n) is 3.66. The third-order valence-corrected chi connectivity index (χ3v) is 0.907. The van der Waals surface area contributed by atoms with Crippen LogP contribution in [-0.4, -0.2) is 22.9 Å². The molecule has 0 aromatic carbocycles. The largest absolute Gasteiger partial charge is 0.480 e. The number of nitrogens with two attached hydrogens (primary N) is 1. The Bertz CT molecular complexity index is 75.3. The van der Waals surface area contributed by atoms with Gasteiger partial charge in [-0.2, -0.15) is 12.6 Å². The SMILES string of the molecule is N[C@@H](C[34SH])C(=O)O. The topological polar surface area (TPSA) is 63.3 Å². The maximum Gasteiger partial charge on any atom is 0.321 e. The van der Waals surface area contributed by atoms with Gasteiger partial charge in [0.1, 0.15) is 6.04 Å². The quantitative estimate of drug-likeness (QED) is 0.337. The van der Waals surface area contributed by atoms with Crippen LogP contribution in [-0.2, 0) is 4.79 Å². The monoisotopic (exact) mass is 123 g/mol. The van der Waals surface area contributed by atoms with Crippen LogP contribution in [0, 0.1) is 0 Å². The third-order valence-electron chi connectivity index (χ3n) is 0.514. The van der Waals surface area contributed by atoms with Gasteiger partial charge >= 0.3 is 5.97 Å². The number of thiol groups is 1. The number of hydrogen-bond acceptors (Lipinski definition) is 3. The van der Waals surface area contributed by atoms with Gasteiger partial charge in [-0.15, -0.1) is 0 Å². The number of carboxylic acid groups (broad SMARTS) is 1. The zero-order valence-corrected chi connectivity index (χ0v) is 4.56. The summed E-state index contributed by atoms with van der Waals surface area (Å²) < 4.78 is 0. The van der Waals surface area contributed by atoms with Gasteiger partial charge in [0.05, 0.1) is 0 Å². The van der Waals surface area contributed by atoms with E-state index in [4.69, 9.17) is 10.8 Å². The molecule has 0 saturated carbocycles. The fourth-order valence-corrected chi connectivity index (χ4v) is 0.234. The summed E-state index contributed by atoms with van der Waals surface area (Å²) in [4.78, 5) is 9.76. The van der Waals surface area contributed by atoms with Crippen LogP contribution in [0.3, 0.4) is 0 Å². The Morgan fingerprint density at radius 1 is 2.00 bits per heavy atom. The van der Waals surface area contributed by atoms with Crippen LogP contribution in [0.4, 0.5) is 0 Å². The van der Waals surface area contributed by atoms with Gasteiger partial charge in [0.15, 0.2) is 0 Å². The Kier molecular flexibility index (Phi) is 2.78. The molecule has 0 radical (unpaired) electrons. The predicted molar refractivity (Wildman–Crippen MR) is 29.5 cm³/mol. The Morgan fingerprint density at radius 3 is 2.43 bits per heavy atom. The molecule has 0 unspecified atom stereocenters. The molecule has 0 amide bonds. The van der Waals surface area contributed by atoms with Gasteiger partial charge in [0, 0.05) is 5.75 Å². The van der Waals surface area contributed by atoms with E-state index < -0.39 is 12.0 Å². The lowest BCUT2D eigenvalue weighted by Crippen LogP contribution is -2.31. The van der Waals surface area contributed by atoms with E-state index in [0.29, 0.717) is 0 Å². The maximum atomic E-state index is 9.76. The average Bonchev–Trinajstić information content (AvgIpc) is 1.65. The lowest BCUT2D eigenvalue weighted by molar-refractivity contribution is -0.137. The number of hydrogen-bond donors (Lipinski definition) is 3. The van der Waals surface area contributed by atoms with Crippen LogP contribution in [0.5, 0.6) is 0 Å². The normalized spacial score (nSPS) is 13.4. The Labute approximate surface area is 46.9 Å². The summed E-state index contributed by atoms with van der Waals surface area (Å²) in [6.45, 7) is 0. The van der Waals surface area contributed by atoms with Crippen molar-refractivity contribution in [1.82, 2.24) is 0 Å². The highest BCUT2D eigenvalue weighted by Gasteiger charge is 2.06. The first-order chi connectivity index (χ1) is 3.18. The van der Waals surface area contributed by atoms with Gasteiger partial charge in [-0.05, 0) is 0 Å². The van der Waals surface area contributed by atoms with E-state index in [1.165, 1.54) is 0 Å². The molecule has 1 atom stereocenters. The van der Waals surface area contributed by atoms with Crippen molar-refractivity contribution in [2.45, 2.75) is 6.04 Å². The molecule has 42 valence electrons. The van der Waals surface area contributed by atoms with Crippen LogP contribution < -0.4 is 5.73 Å². The standard InChI is InChI=1S/C3H7NO2S/c4-2(1-7)3(5)6/h2,7H,1,4H2,(H,5,6)/t2-/m0/s1/i7+2. The molecule has 4 heteroatoms. The first-order valence-electron chi connectivity index (χ1n) is 1.77. The van der Waals surface area contributed by atoms with Crippen LogP contribution in [0.25, 0.3) is 0 Å². The minimum Gasteiger partial charge on any atom is -0.480 e. The number of rotatable bonds is 2. The highest BCUT2D eigenvalue weighted by Crippen LogP contribution is 1.80. The zero-order chi connectivity index (χ0) is 5.86. The second-order valence-electron chi connectivity index (χ2n) is 1.13. The van der Waals surface area contributed by atoms with E-state index in [0.717, 1.165) is 0 Å². The molecule has 0 aromatic rings. The van der Waals surface area contributed by atoms with Crippen molar-refractivity contribution in [2.24, 2.45) is 5.73 Å². The van der Waals surface area contributed by atoms with Crippen molar-refractivity contribution in [2.75, 3.05) is 5.75 Å². The fourth-order valence-electron chi connectivity index (χ4n) is 0.0781. The molecule has 3 nitrogen and oxygen atoms in total. The Balaban J connectivity index is 3.34. The molecule has 0 bridgehead atoms. The molecule has 0 aliphatic rings. The van der Waals surface area contributed by atoms with E-state index in [-0.39, 0.29) is 5.75 Å². The predicted octanol–water partition coefficient (Wildman–Crippen LogP) is -0.672. The van der Waals surface area contributed by atoms with Crippen LogP contribution in [0.2, 0.25) is 0 Å². The molecule has 3 N–H and O–H groups in total. The molecule has 0 rings (SSSR count). The summed E-state index contributed by atoms with van der Waals surface area (Å²) in [6.07, 6.45) is 0. The molecule has 0 aromatic heterocycles. The first-order valence-corrected chi connectivity index (χ1v) is 2.41. The third kappa shape index (κ3) is 2.47. The lowest BCUT2D eigenvalue weighted by Gasteiger charge is -1.96. The second kappa shape index (κ2) is 2.87. The Hall–Kier alpha value is -0.220. The second-order valence-corrected chi connectivity index (χ2v) is 1.49. The van der Waals surface area contributed by atoms with E-state index in [1.54, 1.807) is 0 Å². The van der Waals surface area contributed by atoms with Gasteiger partial charge in [-0.3, -0.25) is 4.79 Å². The van der Waals surface area contributed by atoms with Crippen molar-refractivity contribution in [1.29, 1.82) is 0 Å². The van der Waals surface area contributed by atoms with E-state index in [1.807, 2.05) is 0 Å². The number of aliphatic carboxylic acids is 1. The fraction of sp³-hybridized carbons (Fsp3) is 0.667. The van der Waals surface area contributed by atoms with Crippen molar-refractivity contribution in [3.63, 3.8) is 0 Å². The van der Waals surface area contributed by atoms with Crippen LogP contribution in [0.1, 0.15) is 0 Å². The summed E-state index contributed by atoms with van der Waals surface area (Å²) in [5, 5.41) is 8.01. The molecule has 7 heavy (non-hydrogen) atoms. The van der Waals surface area contributed by atoms with E-state index in [2.05, 4.69) is 12.6 Å². The van der Waals surface area contributed by atoms with Gasteiger partial charge in [0.2, 0.25) is 0 Å². The van der Waals surface area contributed by atoms with Gasteiger partial charge in [-0.1, -0.05) is 0 Å². The maximum absolute atomic E-state index is 9.76. The first kappa shape index (κ1) is 6.78. The minimum absolute atomic E-state index is 0.190. The molecule has 0 saturated heterocycles. The smallest absolute Gasteiger partial charge is 0.321 e. The summed E-state index contributed by atoms with van der Waals surface area (Å²) >= 11 is 3.65. The lowest BCUT2D eigenvalue weighted by atomic mass is 10.4. The number of carbonyl (C=O) groups is 1. The van der Waals surface area contributed by atoms with Gasteiger partial charge < -0.3 is 10.8 Å². The highest BCUT2D eigenvalue weighted by atomic mass is 34.0.